The van der Waals surface area contributed by atoms with Crippen molar-refractivity contribution in [2.24, 2.45) is 0 Å². The Bertz CT molecular complexity index is 1610. The number of carbonyl (C=O) groups is 1. The molecule has 34 heavy (non-hydrogen) atoms. The minimum absolute atomic E-state index is 0.0542. The summed E-state index contributed by atoms with van der Waals surface area (Å²) in [4.78, 5) is 29.7. The van der Waals surface area contributed by atoms with Crippen molar-refractivity contribution in [3.63, 3.8) is 0 Å². The lowest BCUT2D eigenvalue weighted by atomic mass is 10.1. The molecule has 0 radical (unpaired) electrons. The van der Waals surface area contributed by atoms with E-state index in [0.717, 1.165) is 21.9 Å². The highest BCUT2D eigenvalue weighted by Gasteiger charge is 2.19. The minimum atomic E-state index is -0.689. The Hall–Kier alpha value is -4.31. The molecule has 0 aliphatic heterocycles. The number of hydrogen-bond acceptors (Lipinski definition) is 6. The highest BCUT2D eigenvalue weighted by Crippen LogP contribution is 2.25. The van der Waals surface area contributed by atoms with Crippen molar-refractivity contribution in [2.45, 2.75) is 13.5 Å². The van der Waals surface area contributed by atoms with Gasteiger partial charge in [0.15, 0.2) is 5.65 Å². The molecule has 0 aliphatic rings. The number of fused-ring (bicyclic) bond motifs is 1. The first-order valence-electron chi connectivity index (χ1n) is 10.1. The first kappa shape index (κ1) is 21.5. The van der Waals surface area contributed by atoms with Crippen LogP contribution in [0, 0.1) is 12.7 Å². The maximum Gasteiger partial charge on any atom is 0.350 e. The molecule has 3 aromatic heterocycles. The van der Waals surface area contributed by atoms with Gasteiger partial charge in [-0.1, -0.05) is 40.5 Å². The van der Waals surface area contributed by atoms with E-state index >= 15 is 0 Å². The van der Waals surface area contributed by atoms with Crippen LogP contribution in [0.25, 0.3) is 28.5 Å². The van der Waals surface area contributed by atoms with Crippen molar-refractivity contribution in [3.05, 3.63) is 87.7 Å². The molecular weight excluding hydrogens is 463 g/mol. The van der Waals surface area contributed by atoms with Crippen LogP contribution in [-0.4, -0.2) is 30.2 Å². The number of nitrogens with zero attached hydrogens (tertiary/aromatic N) is 5. The normalized spacial score (nSPS) is 11.1. The fraction of sp³-hybridized carbons (Fsp3) is 0.0870. The van der Waals surface area contributed by atoms with Gasteiger partial charge in [0.1, 0.15) is 12.4 Å². The smallest absolute Gasteiger partial charge is 0.333 e. The maximum absolute atomic E-state index is 14.0. The largest absolute Gasteiger partial charge is 0.350 e. The van der Waals surface area contributed by atoms with Crippen LogP contribution in [-0.2, 0) is 11.3 Å². The van der Waals surface area contributed by atoms with E-state index in [1.54, 1.807) is 12.1 Å². The van der Waals surface area contributed by atoms with Crippen molar-refractivity contribution < 1.29 is 13.7 Å². The highest BCUT2D eigenvalue weighted by atomic mass is 35.5. The number of nitrogens with one attached hydrogen (secondary N) is 1. The Balaban J connectivity index is 1.45. The first-order valence-corrected chi connectivity index (χ1v) is 10.5. The van der Waals surface area contributed by atoms with Crippen molar-refractivity contribution in [3.8, 4) is 22.8 Å². The van der Waals surface area contributed by atoms with Gasteiger partial charge < -0.3 is 9.84 Å². The van der Waals surface area contributed by atoms with E-state index in [2.05, 4.69) is 20.6 Å². The SMILES string of the molecule is Cc1cccc(-c2noc(-c3cccn4c(=O)n(CC(=O)Nc5ccc(Cl)cc5F)nc34)n2)c1. The third-order valence-electron chi connectivity index (χ3n) is 5.04. The van der Waals surface area contributed by atoms with Crippen LogP contribution in [0.1, 0.15) is 5.56 Å². The van der Waals surface area contributed by atoms with Crippen LogP contribution in [0.2, 0.25) is 5.02 Å². The molecule has 0 saturated heterocycles. The second-order valence-corrected chi connectivity index (χ2v) is 7.96. The van der Waals surface area contributed by atoms with Crippen molar-refractivity contribution in [1.29, 1.82) is 0 Å². The van der Waals surface area contributed by atoms with Gasteiger partial charge in [0, 0.05) is 16.8 Å². The Morgan fingerprint density at radius 2 is 2.03 bits per heavy atom. The molecule has 0 atom stereocenters. The summed E-state index contributed by atoms with van der Waals surface area (Å²) in [5, 5.41) is 10.9. The number of carbonyl (C=O) groups excluding carboxylic acids is 1. The van der Waals surface area contributed by atoms with Gasteiger partial charge in [-0.05, 0) is 43.3 Å². The molecule has 5 aromatic rings. The van der Waals surface area contributed by atoms with E-state index in [9.17, 15) is 14.0 Å². The lowest BCUT2D eigenvalue weighted by Gasteiger charge is -2.06. The lowest BCUT2D eigenvalue weighted by Crippen LogP contribution is -2.28. The van der Waals surface area contributed by atoms with Gasteiger partial charge >= 0.3 is 5.69 Å². The number of pyridine rings is 1. The molecule has 11 heteroatoms. The predicted octanol–water partition coefficient (Wildman–Crippen LogP) is 3.95. The summed E-state index contributed by atoms with van der Waals surface area (Å²) in [6, 6.07) is 14.8. The first-order chi connectivity index (χ1) is 16.4. The van der Waals surface area contributed by atoms with Crippen LogP contribution < -0.4 is 11.0 Å². The summed E-state index contributed by atoms with van der Waals surface area (Å²) in [5.41, 5.74) is 1.89. The Morgan fingerprint density at radius 1 is 1.18 bits per heavy atom. The summed E-state index contributed by atoms with van der Waals surface area (Å²) >= 11 is 5.73. The molecule has 3 heterocycles. The van der Waals surface area contributed by atoms with Gasteiger partial charge in [-0.3, -0.25) is 4.79 Å². The van der Waals surface area contributed by atoms with Gasteiger partial charge in [-0.25, -0.2) is 18.3 Å². The van der Waals surface area contributed by atoms with E-state index in [1.165, 1.54) is 22.7 Å². The number of benzene rings is 2. The average molecular weight is 479 g/mol. The van der Waals surface area contributed by atoms with Gasteiger partial charge in [-0.2, -0.15) is 4.98 Å². The van der Waals surface area contributed by atoms with Crippen LogP contribution >= 0.6 is 11.6 Å². The molecule has 9 nitrogen and oxygen atoms in total. The third kappa shape index (κ3) is 4.06. The predicted molar refractivity (Wildman–Crippen MR) is 123 cm³/mol. The third-order valence-corrected chi connectivity index (χ3v) is 5.28. The van der Waals surface area contributed by atoms with Crippen LogP contribution in [0.15, 0.2) is 70.1 Å². The number of hydrogen-bond donors (Lipinski definition) is 1. The zero-order chi connectivity index (χ0) is 23.8. The minimum Gasteiger partial charge on any atom is -0.333 e. The molecule has 0 fully saturated rings. The summed E-state index contributed by atoms with van der Waals surface area (Å²) < 4.78 is 21.6. The second kappa shape index (κ2) is 8.56. The fourth-order valence-electron chi connectivity index (χ4n) is 3.46. The van der Waals surface area contributed by atoms with Gasteiger partial charge in [-0.15, -0.1) is 5.10 Å². The van der Waals surface area contributed by atoms with E-state index in [-0.39, 0.29) is 22.2 Å². The molecule has 0 saturated carbocycles. The van der Waals surface area contributed by atoms with Crippen molar-refractivity contribution in [1.82, 2.24) is 24.3 Å². The topological polar surface area (TPSA) is 107 Å². The molecule has 0 spiro atoms. The number of anilines is 1. The quantitative estimate of drug-likeness (QED) is 0.410. The lowest BCUT2D eigenvalue weighted by molar-refractivity contribution is -0.117. The molecule has 0 bridgehead atoms. The summed E-state index contributed by atoms with van der Waals surface area (Å²) in [6.07, 6.45) is 1.51. The zero-order valence-electron chi connectivity index (χ0n) is 17.7. The second-order valence-electron chi connectivity index (χ2n) is 7.52. The van der Waals surface area contributed by atoms with Crippen LogP contribution in [0.5, 0.6) is 0 Å². The van der Waals surface area contributed by atoms with Gasteiger partial charge in [0.05, 0.1) is 11.3 Å². The highest BCUT2D eigenvalue weighted by molar-refractivity contribution is 6.30. The zero-order valence-corrected chi connectivity index (χ0v) is 18.5. The van der Waals surface area contributed by atoms with Crippen LogP contribution in [0.3, 0.4) is 0 Å². The standard InChI is InChI=1S/C23H16ClFN6O3/c1-13-4-2-5-14(10-13)20-27-22(34-29-20)16-6-3-9-30-21(16)28-31(23(30)33)12-19(32)26-18-8-7-15(24)11-17(18)25/h2-11H,12H2,1H3,(H,26,32). The van der Waals surface area contributed by atoms with E-state index in [4.69, 9.17) is 16.1 Å². The summed E-state index contributed by atoms with van der Waals surface area (Å²) in [7, 11) is 0. The molecule has 2 aromatic carbocycles. The molecule has 170 valence electrons. The summed E-state index contributed by atoms with van der Waals surface area (Å²) in [6.45, 7) is 1.53. The Kier molecular flexibility index (Phi) is 5.42. The Morgan fingerprint density at radius 3 is 2.82 bits per heavy atom. The van der Waals surface area contributed by atoms with Crippen molar-refractivity contribution >= 4 is 28.8 Å². The molecular formula is C23H16ClFN6O3. The molecule has 0 aliphatic carbocycles. The fourth-order valence-corrected chi connectivity index (χ4v) is 3.62. The number of halogens is 2. The summed E-state index contributed by atoms with van der Waals surface area (Å²) in [5.74, 6) is -0.752. The molecule has 1 amide bonds. The molecule has 1 N–H and O–H groups in total. The number of aryl methyl sites for hydroxylation is 1. The maximum atomic E-state index is 14.0. The number of amides is 1. The molecule has 5 rings (SSSR count). The number of aromatic nitrogens is 5. The van der Waals surface area contributed by atoms with Crippen LogP contribution in [0.4, 0.5) is 10.1 Å². The van der Waals surface area contributed by atoms with Gasteiger partial charge in [0.2, 0.25) is 11.7 Å². The molecule has 0 unspecified atom stereocenters. The Labute approximate surface area is 196 Å². The average Bonchev–Trinajstić information content (AvgIpc) is 3.41. The number of rotatable bonds is 5. The van der Waals surface area contributed by atoms with E-state index in [0.29, 0.717) is 11.4 Å². The van der Waals surface area contributed by atoms with E-state index in [1.807, 2.05) is 31.2 Å². The van der Waals surface area contributed by atoms with Crippen molar-refractivity contribution in [2.75, 3.05) is 5.32 Å². The van der Waals surface area contributed by atoms with Gasteiger partial charge in [0.25, 0.3) is 5.89 Å². The van der Waals surface area contributed by atoms with E-state index < -0.39 is 24.0 Å². The monoisotopic (exact) mass is 478 g/mol.